The first-order chi connectivity index (χ1) is 12.0. The summed E-state index contributed by atoms with van der Waals surface area (Å²) in [4.78, 5) is 12.8. The Labute approximate surface area is 160 Å². The van der Waals surface area contributed by atoms with Crippen LogP contribution in [-0.2, 0) is 14.8 Å². The Balaban J connectivity index is 1.84. The minimum absolute atomic E-state index is 0.124. The zero-order valence-electron chi connectivity index (χ0n) is 13.4. The quantitative estimate of drug-likeness (QED) is 0.717. The molecule has 0 radical (unpaired) electrons. The summed E-state index contributed by atoms with van der Waals surface area (Å²) >= 11 is 4.38. The number of hydrogen-bond donors (Lipinski definition) is 2. The van der Waals surface area contributed by atoms with Gasteiger partial charge in [0.1, 0.15) is 10.3 Å². The molecule has 1 atom stereocenters. The fourth-order valence-electron chi connectivity index (χ4n) is 2.93. The molecule has 0 bridgehead atoms. The number of amides is 1. The average Bonchev–Trinajstić information content (AvgIpc) is 3.25. The highest BCUT2D eigenvalue weighted by Crippen LogP contribution is 2.28. The van der Waals surface area contributed by atoms with Crippen LogP contribution in [0.1, 0.15) is 37.3 Å². The van der Waals surface area contributed by atoms with E-state index in [4.69, 9.17) is 0 Å². The van der Waals surface area contributed by atoms with Gasteiger partial charge in [-0.25, -0.2) is 8.42 Å². The molecule has 3 rings (SSSR count). The predicted octanol–water partition coefficient (Wildman–Crippen LogP) is 3.59. The van der Waals surface area contributed by atoms with Crippen molar-refractivity contribution in [3.63, 3.8) is 0 Å². The molecule has 1 aromatic heterocycles. The lowest BCUT2D eigenvalue weighted by atomic mass is 10.1. The summed E-state index contributed by atoms with van der Waals surface area (Å²) in [7, 11) is -3.79. The number of halogens is 1. The van der Waals surface area contributed by atoms with Gasteiger partial charge in [0.25, 0.3) is 10.0 Å². The van der Waals surface area contributed by atoms with Gasteiger partial charge in [0, 0.05) is 6.04 Å². The van der Waals surface area contributed by atoms with E-state index in [2.05, 4.69) is 26.0 Å². The first-order valence-electron chi connectivity index (χ1n) is 8.09. The van der Waals surface area contributed by atoms with Gasteiger partial charge < -0.3 is 5.32 Å². The number of thiophene rings is 1. The largest absolute Gasteiger partial charge is 0.352 e. The average molecular weight is 443 g/mol. The lowest BCUT2D eigenvalue weighted by Gasteiger charge is -2.21. The Morgan fingerprint density at radius 2 is 1.80 bits per heavy atom. The van der Waals surface area contributed by atoms with E-state index in [-0.39, 0.29) is 16.2 Å². The molecule has 0 spiro atoms. The first-order valence-corrected chi connectivity index (χ1v) is 11.2. The van der Waals surface area contributed by atoms with E-state index in [1.807, 2.05) is 6.07 Å². The molecule has 25 heavy (non-hydrogen) atoms. The van der Waals surface area contributed by atoms with Crippen molar-refractivity contribution in [3.05, 3.63) is 51.8 Å². The van der Waals surface area contributed by atoms with Crippen LogP contribution in [-0.4, -0.2) is 20.4 Å². The second-order valence-corrected chi connectivity index (χ2v) is 10.4. The second-order valence-electron chi connectivity index (χ2n) is 6.01. The van der Waals surface area contributed by atoms with Gasteiger partial charge in [-0.1, -0.05) is 43.2 Å². The Bertz CT molecular complexity index is 831. The number of carbonyl (C=O) groups excluding carboxylic acids is 1. The Kier molecular flexibility index (Phi) is 5.93. The first kappa shape index (κ1) is 18.6. The molecule has 134 valence electrons. The molecule has 1 amide bonds. The highest BCUT2D eigenvalue weighted by molar-refractivity contribution is 9.11. The number of rotatable bonds is 6. The van der Waals surface area contributed by atoms with E-state index in [9.17, 15) is 13.2 Å². The number of benzene rings is 1. The predicted molar refractivity (Wildman–Crippen MR) is 102 cm³/mol. The molecule has 0 saturated heterocycles. The van der Waals surface area contributed by atoms with Gasteiger partial charge in [0.15, 0.2) is 0 Å². The van der Waals surface area contributed by atoms with Crippen LogP contribution in [0, 0.1) is 0 Å². The van der Waals surface area contributed by atoms with Crippen molar-refractivity contribution in [2.45, 2.75) is 42.0 Å². The molecule has 5 nitrogen and oxygen atoms in total. The fourth-order valence-corrected chi connectivity index (χ4v) is 6.14. The van der Waals surface area contributed by atoms with Crippen LogP contribution in [0.4, 0.5) is 0 Å². The van der Waals surface area contributed by atoms with Crippen molar-refractivity contribution < 1.29 is 13.2 Å². The summed E-state index contributed by atoms with van der Waals surface area (Å²) in [6, 6.07) is 11.3. The van der Waals surface area contributed by atoms with Gasteiger partial charge in [-0.3, -0.25) is 4.79 Å². The van der Waals surface area contributed by atoms with Crippen molar-refractivity contribution in [1.29, 1.82) is 0 Å². The maximum atomic E-state index is 12.8. The third-order valence-electron chi connectivity index (χ3n) is 4.18. The standard InChI is InChI=1S/C17H19BrN2O3S2/c18-14-10-11-15(24-14)25(22,23)20-16(12-6-2-1-3-7-12)17(21)19-13-8-4-5-9-13/h1-3,6-7,10-11,13,16,20H,4-5,8-9H2,(H,19,21)/t16-/m0/s1. The summed E-state index contributed by atoms with van der Waals surface area (Å²) in [5.41, 5.74) is 0.622. The van der Waals surface area contributed by atoms with Crippen LogP contribution in [0.5, 0.6) is 0 Å². The third kappa shape index (κ3) is 4.69. The number of sulfonamides is 1. The zero-order chi connectivity index (χ0) is 17.9. The molecule has 1 aliphatic carbocycles. The maximum absolute atomic E-state index is 12.8. The Morgan fingerprint density at radius 1 is 1.12 bits per heavy atom. The lowest BCUT2D eigenvalue weighted by Crippen LogP contribution is -2.43. The van der Waals surface area contributed by atoms with Crippen LogP contribution in [0.15, 0.2) is 50.5 Å². The SMILES string of the molecule is O=C(NC1CCCC1)[C@@H](NS(=O)(=O)c1ccc(Br)s1)c1ccccc1. The van der Waals surface area contributed by atoms with Crippen LogP contribution < -0.4 is 10.0 Å². The molecular weight excluding hydrogens is 424 g/mol. The van der Waals surface area contributed by atoms with E-state index in [0.717, 1.165) is 40.8 Å². The second kappa shape index (κ2) is 7.99. The number of nitrogens with one attached hydrogen (secondary N) is 2. The molecule has 1 saturated carbocycles. The highest BCUT2D eigenvalue weighted by Gasteiger charge is 2.30. The third-order valence-corrected chi connectivity index (χ3v) is 7.72. The monoisotopic (exact) mass is 442 g/mol. The maximum Gasteiger partial charge on any atom is 0.251 e. The van der Waals surface area contributed by atoms with E-state index >= 15 is 0 Å². The molecule has 1 heterocycles. The topological polar surface area (TPSA) is 75.3 Å². The van der Waals surface area contributed by atoms with Crippen LogP contribution in [0.3, 0.4) is 0 Å². The molecule has 1 aromatic carbocycles. The van der Waals surface area contributed by atoms with E-state index in [1.54, 1.807) is 30.3 Å². The Hall–Kier alpha value is -1.22. The van der Waals surface area contributed by atoms with Gasteiger partial charge in [0.05, 0.1) is 3.79 Å². The number of hydrogen-bond acceptors (Lipinski definition) is 4. The van der Waals surface area contributed by atoms with E-state index in [0.29, 0.717) is 5.56 Å². The van der Waals surface area contributed by atoms with Gasteiger partial charge in [-0.2, -0.15) is 4.72 Å². The fraction of sp³-hybridized carbons (Fsp3) is 0.353. The van der Waals surface area contributed by atoms with Crippen LogP contribution in [0.2, 0.25) is 0 Å². The molecule has 1 aliphatic rings. The van der Waals surface area contributed by atoms with Gasteiger partial charge in [-0.15, -0.1) is 11.3 Å². The summed E-state index contributed by atoms with van der Waals surface area (Å²) in [5, 5.41) is 2.98. The van der Waals surface area contributed by atoms with Crippen LogP contribution >= 0.6 is 27.3 Å². The minimum atomic E-state index is -3.79. The zero-order valence-corrected chi connectivity index (χ0v) is 16.7. The normalized spacial score (nSPS) is 16.7. The highest BCUT2D eigenvalue weighted by atomic mass is 79.9. The molecule has 2 aromatic rings. The summed E-state index contributed by atoms with van der Waals surface area (Å²) < 4.78 is 28.8. The van der Waals surface area contributed by atoms with Crippen molar-refractivity contribution in [2.75, 3.05) is 0 Å². The lowest BCUT2D eigenvalue weighted by molar-refractivity contribution is -0.123. The molecule has 0 aliphatic heterocycles. The smallest absolute Gasteiger partial charge is 0.251 e. The van der Waals surface area contributed by atoms with E-state index < -0.39 is 16.1 Å². The molecule has 2 N–H and O–H groups in total. The van der Waals surface area contributed by atoms with Crippen molar-refractivity contribution in [3.8, 4) is 0 Å². The number of carbonyl (C=O) groups is 1. The van der Waals surface area contributed by atoms with Crippen molar-refractivity contribution in [2.24, 2.45) is 0 Å². The Morgan fingerprint density at radius 3 is 2.40 bits per heavy atom. The van der Waals surface area contributed by atoms with Gasteiger partial charge >= 0.3 is 0 Å². The minimum Gasteiger partial charge on any atom is -0.352 e. The summed E-state index contributed by atoms with van der Waals surface area (Å²) in [5.74, 6) is -0.308. The molecule has 8 heteroatoms. The summed E-state index contributed by atoms with van der Waals surface area (Å²) in [6.45, 7) is 0. The van der Waals surface area contributed by atoms with Crippen LogP contribution in [0.25, 0.3) is 0 Å². The van der Waals surface area contributed by atoms with Crippen molar-refractivity contribution in [1.82, 2.24) is 10.0 Å². The molecule has 0 unspecified atom stereocenters. The van der Waals surface area contributed by atoms with Crippen molar-refractivity contribution >= 4 is 43.2 Å². The summed E-state index contributed by atoms with van der Waals surface area (Å²) in [6.07, 6.45) is 4.07. The van der Waals surface area contributed by atoms with Gasteiger partial charge in [0.2, 0.25) is 5.91 Å². The van der Waals surface area contributed by atoms with Gasteiger partial charge in [-0.05, 0) is 46.5 Å². The molecule has 1 fully saturated rings. The molecular formula is C17H19BrN2O3S2. The van der Waals surface area contributed by atoms with E-state index in [1.165, 1.54) is 6.07 Å².